The van der Waals surface area contributed by atoms with Crippen LogP contribution in [0.5, 0.6) is 0 Å². The number of carbonyl (C=O) groups is 1. The highest BCUT2D eigenvalue weighted by Gasteiger charge is 2.09. The lowest BCUT2D eigenvalue weighted by molar-refractivity contribution is 0.0472. The molecule has 3 heteroatoms. The number of ether oxygens (including phenoxy) is 1. The van der Waals surface area contributed by atoms with Crippen LogP contribution >= 0.6 is 0 Å². The molecule has 0 aliphatic carbocycles. The molecular weight excluding hydrogens is 250 g/mol. The molecular formula is C17H15NO2. The zero-order valence-corrected chi connectivity index (χ0v) is 11.5. The van der Waals surface area contributed by atoms with Gasteiger partial charge in [-0.1, -0.05) is 24.3 Å². The van der Waals surface area contributed by atoms with Crippen LogP contribution in [0, 0.1) is 25.2 Å². The molecule has 0 aromatic heterocycles. The number of hydrogen-bond donors (Lipinski definition) is 0. The summed E-state index contributed by atoms with van der Waals surface area (Å²) in [6.45, 7) is 4.06. The molecule has 0 saturated carbocycles. The molecule has 0 aliphatic heterocycles. The summed E-state index contributed by atoms with van der Waals surface area (Å²) in [4.78, 5) is 12.0. The van der Waals surface area contributed by atoms with E-state index in [1.807, 2.05) is 32.0 Å². The molecule has 2 rings (SSSR count). The van der Waals surface area contributed by atoms with Crippen LogP contribution in [0.25, 0.3) is 0 Å². The van der Waals surface area contributed by atoms with Gasteiger partial charge in [0.2, 0.25) is 0 Å². The average Bonchev–Trinajstić information content (AvgIpc) is 2.47. The maximum Gasteiger partial charge on any atom is 0.338 e. The van der Waals surface area contributed by atoms with E-state index in [2.05, 4.69) is 6.07 Å². The van der Waals surface area contributed by atoms with Gasteiger partial charge in [-0.3, -0.25) is 0 Å². The predicted molar refractivity (Wildman–Crippen MR) is 76.2 cm³/mol. The smallest absolute Gasteiger partial charge is 0.338 e. The molecule has 0 atom stereocenters. The van der Waals surface area contributed by atoms with Gasteiger partial charge in [-0.2, -0.15) is 5.26 Å². The number of nitrogens with zero attached hydrogens (tertiary/aromatic N) is 1. The molecule has 0 amide bonds. The first-order valence-electron chi connectivity index (χ1n) is 6.34. The zero-order valence-electron chi connectivity index (χ0n) is 11.5. The van der Waals surface area contributed by atoms with Crippen molar-refractivity contribution in [2.75, 3.05) is 0 Å². The third kappa shape index (κ3) is 3.04. The van der Waals surface area contributed by atoms with Crippen molar-refractivity contribution in [2.24, 2.45) is 0 Å². The van der Waals surface area contributed by atoms with Crippen LogP contribution in [0.3, 0.4) is 0 Å². The Hall–Kier alpha value is -2.60. The van der Waals surface area contributed by atoms with Crippen molar-refractivity contribution in [1.29, 1.82) is 5.26 Å². The summed E-state index contributed by atoms with van der Waals surface area (Å²) < 4.78 is 5.26. The van der Waals surface area contributed by atoms with Gasteiger partial charge in [-0.25, -0.2) is 4.79 Å². The fourth-order valence-electron chi connectivity index (χ4n) is 1.85. The molecule has 3 nitrogen and oxygen atoms in total. The minimum absolute atomic E-state index is 0.107. The first kappa shape index (κ1) is 13.8. The zero-order chi connectivity index (χ0) is 14.5. The Morgan fingerprint density at radius 1 is 1.15 bits per heavy atom. The van der Waals surface area contributed by atoms with E-state index in [-0.39, 0.29) is 12.6 Å². The molecule has 0 spiro atoms. The van der Waals surface area contributed by atoms with Crippen molar-refractivity contribution < 1.29 is 9.53 Å². The summed E-state index contributed by atoms with van der Waals surface area (Å²) in [5, 5.41) is 8.98. The van der Waals surface area contributed by atoms with E-state index in [0.717, 1.165) is 11.1 Å². The molecule has 20 heavy (non-hydrogen) atoms. The van der Waals surface area contributed by atoms with Crippen molar-refractivity contribution in [3.63, 3.8) is 0 Å². The van der Waals surface area contributed by atoms with E-state index < -0.39 is 0 Å². The molecule has 0 heterocycles. The minimum atomic E-state index is -0.374. The standard InChI is InChI=1S/C17H15NO2/c1-12-7-8-14(9-13(12)2)17(19)20-11-16-6-4-3-5-15(16)10-18/h3-9H,11H2,1-2H3. The third-order valence-corrected chi connectivity index (χ3v) is 3.24. The molecule has 0 unspecified atom stereocenters. The molecule has 0 N–H and O–H groups in total. The van der Waals surface area contributed by atoms with E-state index >= 15 is 0 Å². The van der Waals surface area contributed by atoms with Gasteiger partial charge >= 0.3 is 5.97 Å². The van der Waals surface area contributed by atoms with Crippen molar-refractivity contribution >= 4 is 5.97 Å². The number of benzene rings is 2. The SMILES string of the molecule is Cc1ccc(C(=O)OCc2ccccc2C#N)cc1C. The quantitative estimate of drug-likeness (QED) is 0.798. The highest BCUT2D eigenvalue weighted by Crippen LogP contribution is 2.13. The number of carbonyl (C=O) groups excluding carboxylic acids is 1. The molecule has 0 bridgehead atoms. The lowest BCUT2D eigenvalue weighted by atomic mass is 10.1. The normalized spacial score (nSPS) is 9.85. The van der Waals surface area contributed by atoms with Gasteiger partial charge in [-0.05, 0) is 43.2 Å². The van der Waals surface area contributed by atoms with Crippen molar-refractivity contribution in [2.45, 2.75) is 20.5 Å². The first-order valence-corrected chi connectivity index (χ1v) is 6.34. The van der Waals surface area contributed by atoms with Gasteiger partial charge in [0.05, 0.1) is 17.2 Å². The van der Waals surface area contributed by atoms with Crippen LogP contribution in [0.15, 0.2) is 42.5 Å². The molecule has 2 aromatic rings. The van der Waals surface area contributed by atoms with E-state index in [0.29, 0.717) is 16.7 Å². The van der Waals surface area contributed by atoms with E-state index in [1.54, 1.807) is 24.3 Å². The van der Waals surface area contributed by atoms with Crippen LogP contribution < -0.4 is 0 Å². The van der Waals surface area contributed by atoms with Crippen molar-refractivity contribution in [1.82, 2.24) is 0 Å². The molecule has 2 aromatic carbocycles. The third-order valence-electron chi connectivity index (χ3n) is 3.24. The fraction of sp³-hybridized carbons (Fsp3) is 0.176. The lowest BCUT2D eigenvalue weighted by Gasteiger charge is -2.07. The Morgan fingerprint density at radius 3 is 2.60 bits per heavy atom. The van der Waals surface area contributed by atoms with Gasteiger partial charge in [-0.15, -0.1) is 0 Å². The van der Waals surface area contributed by atoms with E-state index in [9.17, 15) is 4.79 Å². The molecule has 0 aliphatic rings. The number of hydrogen-bond acceptors (Lipinski definition) is 3. The predicted octanol–water partition coefficient (Wildman–Crippen LogP) is 3.53. The lowest BCUT2D eigenvalue weighted by Crippen LogP contribution is -2.06. The largest absolute Gasteiger partial charge is 0.457 e. The summed E-state index contributed by atoms with van der Waals surface area (Å²) in [6, 6.07) is 14.6. The average molecular weight is 265 g/mol. The Kier molecular flexibility index (Phi) is 4.17. The second-order valence-electron chi connectivity index (χ2n) is 4.64. The molecule has 100 valence electrons. The highest BCUT2D eigenvalue weighted by atomic mass is 16.5. The van der Waals surface area contributed by atoms with Gasteiger partial charge in [0.15, 0.2) is 0 Å². The van der Waals surface area contributed by atoms with Crippen LogP contribution in [-0.4, -0.2) is 5.97 Å². The minimum Gasteiger partial charge on any atom is -0.457 e. The summed E-state index contributed by atoms with van der Waals surface area (Å²) in [5.41, 5.74) is 3.96. The number of rotatable bonds is 3. The molecule has 0 fully saturated rings. The maximum atomic E-state index is 12.0. The van der Waals surface area contributed by atoms with E-state index in [1.165, 1.54) is 0 Å². The second-order valence-corrected chi connectivity index (χ2v) is 4.64. The Bertz CT molecular complexity index is 684. The number of aryl methyl sites for hydroxylation is 2. The van der Waals surface area contributed by atoms with Crippen molar-refractivity contribution in [3.05, 3.63) is 70.3 Å². The maximum absolute atomic E-state index is 12.0. The summed E-state index contributed by atoms with van der Waals surface area (Å²) in [6.07, 6.45) is 0. The number of nitriles is 1. The Morgan fingerprint density at radius 2 is 1.90 bits per heavy atom. The van der Waals surface area contributed by atoms with Crippen LogP contribution in [-0.2, 0) is 11.3 Å². The van der Waals surface area contributed by atoms with Gasteiger partial charge in [0.1, 0.15) is 6.61 Å². The Balaban J connectivity index is 2.09. The summed E-state index contributed by atoms with van der Waals surface area (Å²) in [5.74, 6) is -0.374. The molecule has 0 saturated heterocycles. The van der Waals surface area contributed by atoms with Gasteiger partial charge in [0, 0.05) is 5.56 Å². The van der Waals surface area contributed by atoms with Crippen LogP contribution in [0.4, 0.5) is 0 Å². The Labute approximate surface area is 118 Å². The van der Waals surface area contributed by atoms with Crippen molar-refractivity contribution in [3.8, 4) is 6.07 Å². The summed E-state index contributed by atoms with van der Waals surface area (Å²) in [7, 11) is 0. The first-order chi connectivity index (χ1) is 9.61. The van der Waals surface area contributed by atoms with Gasteiger partial charge < -0.3 is 4.74 Å². The van der Waals surface area contributed by atoms with Gasteiger partial charge in [0.25, 0.3) is 0 Å². The fourth-order valence-corrected chi connectivity index (χ4v) is 1.85. The summed E-state index contributed by atoms with van der Waals surface area (Å²) >= 11 is 0. The monoisotopic (exact) mass is 265 g/mol. The topological polar surface area (TPSA) is 50.1 Å². The number of esters is 1. The van der Waals surface area contributed by atoms with Crippen LogP contribution in [0.1, 0.15) is 32.6 Å². The second kappa shape index (κ2) is 6.03. The highest BCUT2D eigenvalue weighted by molar-refractivity contribution is 5.89. The molecule has 0 radical (unpaired) electrons. The van der Waals surface area contributed by atoms with E-state index in [4.69, 9.17) is 10.00 Å². The van der Waals surface area contributed by atoms with Crippen LogP contribution in [0.2, 0.25) is 0 Å².